The molecule has 0 aliphatic carbocycles. The molecule has 19 heavy (non-hydrogen) atoms. The van der Waals surface area contributed by atoms with E-state index in [1.165, 1.54) is 0 Å². The molecule has 0 bridgehead atoms. The van der Waals surface area contributed by atoms with Crippen molar-refractivity contribution in [1.29, 1.82) is 0 Å². The highest BCUT2D eigenvalue weighted by Gasteiger charge is 2.21. The molecule has 0 aromatic heterocycles. The van der Waals surface area contributed by atoms with Crippen molar-refractivity contribution in [2.24, 2.45) is 0 Å². The second-order valence-corrected chi connectivity index (χ2v) is 4.52. The molecule has 0 spiro atoms. The Labute approximate surface area is 113 Å². The zero-order valence-electron chi connectivity index (χ0n) is 11.6. The van der Waals surface area contributed by atoms with Gasteiger partial charge in [0.25, 0.3) is 0 Å². The fourth-order valence-corrected chi connectivity index (χ4v) is 1.06. The van der Waals surface area contributed by atoms with Crippen LogP contribution in [0.25, 0.3) is 0 Å². The smallest absolute Gasteiger partial charge is 0.335 e. The van der Waals surface area contributed by atoms with Crippen LogP contribution in [-0.4, -0.2) is 36.4 Å². The van der Waals surface area contributed by atoms with Gasteiger partial charge >= 0.3 is 11.9 Å². The second kappa shape index (κ2) is 9.33. The number of rotatable bonds is 9. The van der Waals surface area contributed by atoms with Crippen LogP contribution in [0.5, 0.6) is 0 Å². The Hall–Kier alpha value is -1.62. The first-order chi connectivity index (χ1) is 8.82. The largest absolute Gasteiger partial charge is 0.465 e. The minimum absolute atomic E-state index is 0.149. The van der Waals surface area contributed by atoms with Gasteiger partial charge in [0.1, 0.15) is 0 Å². The van der Waals surface area contributed by atoms with Crippen molar-refractivity contribution in [2.75, 3.05) is 13.2 Å². The minimum atomic E-state index is -1.48. The maximum absolute atomic E-state index is 11.3. The molecule has 0 heterocycles. The Morgan fingerprint density at radius 3 is 2.00 bits per heavy atom. The predicted octanol–water partition coefficient (Wildman–Crippen LogP) is 1.76. The number of hydrogen-bond donors (Lipinski definition) is 1. The van der Waals surface area contributed by atoms with Crippen molar-refractivity contribution >= 4 is 11.9 Å². The van der Waals surface area contributed by atoms with Gasteiger partial charge in [-0.15, -0.1) is 13.2 Å². The molecule has 0 amide bonds. The van der Waals surface area contributed by atoms with E-state index in [4.69, 9.17) is 9.47 Å². The molecule has 1 N–H and O–H groups in total. The van der Waals surface area contributed by atoms with Crippen molar-refractivity contribution < 1.29 is 24.2 Å². The van der Waals surface area contributed by atoms with Gasteiger partial charge in [-0.2, -0.15) is 0 Å². The van der Waals surface area contributed by atoms with Crippen molar-refractivity contribution in [2.45, 2.75) is 39.2 Å². The Morgan fingerprint density at radius 1 is 1.05 bits per heavy atom. The van der Waals surface area contributed by atoms with Crippen LogP contribution in [0.1, 0.15) is 33.1 Å². The van der Waals surface area contributed by atoms with Gasteiger partial charge < -0.3 is 14.6 Å². The lowest BCUT2D eigenvalue weighted by molar-refractivity contribution is -0.160. The van der Waals surface area contributed by atoms with E-state index in [1.807, 2.05) is 13.8 Å². The third-order valence-corrected chi connectivity index (χ3v) is 2.20. The van der Waals surface area contributed by atoms with Gasteiger partial charge in [0, 0.05) is 12.8 Å². The molecule has 5 heteroatoms. The summed E-state index contributed by atoms with van der Waals surface area (Å²) in [5, 5.41) is 9.45. The Morgan fingerprint density at radius 2 is 1.53 bits per heavy atom. The normalized spacial score (nSPS) is 11.5. The van der Waals surface area contributed by atoms with Crippen LogP contribution in [-0.2, 0) is 19.1 Å². The van der Waals surface area contributed by atoms with Crippen molar-refractivity contribution in [3.05, 3.63) is 24.3 Å². The summed E-state index contributed by atoms with van der Waals surface area (Å²) in [6.07, 6.45) is -0.795. The molecule has 0 aliphatic rings. The van der Waals surface area contributed by atoms with Crippen molar-refractivity contribution in [3.63, 3.8) is 0 Å². The van der Waals surface area contributed by atoms with Gasteiger partial charge in [-0.1, -0.05) is 11.1 Å². The number of aliphatic hydroxyl groups excluding tert-OH is 1. The number of carbonyl (C=O) groups is 2. The average Bonchev–Trinajstić information content (AvgIpc) is 2.27. The Bertz CT molecular complexity index is 346. The van der Waals surface area contributed by atoms with Gasteiger partial charge in [-0.25, -0.2) is 4.79 Å². The highest BCUT2D eigenvalue weighted by Crippen LogP contribution is 2.02. The summed E-state index contributed by atoms with van der Waals surface area (Å²) in [5.41, 5.74) is 1.77. The monoisotopic (exact) mass is 270 g/mol. The summed E-state index contributed by atoms with van der Waals surface area (Å²) in [6.45, 7) is 11.3. The number of ether oxygens (including phenoxy) is 2. The van der Waals surface area contributed by atoms with Gasteiger partial charge in [0.05, 0.1) is 19.6 Å². The number of carbonyl (C=O) groups excluding carboxylic acids is 2. The third kappa shape index (κ3) is 10.0. The van der Waals surface area contributed by atoms with E-state index in [1.54, 1.807) is 0 Å². The van der Waals surface area contributed by atoms with E-state index in [9.17, 15) is 14.7 Å². The maximum Gasteiger partial charge on any atom is 0.335 e. The standard InChI is InChI=1S/C14H22O5/c1-10(2)5-7-18-13(16)9-12(15)14(17)19-8-6-11(3)4/h12,15H,1,3,5-9H2,2,4H3. The summed E-state index contributed by atoms with van der Waals surface area (Å²) in [5.74, 6) is -1.45. The predicted molar refractivity (Wildman–Crippen MR) is 71.4 cm³/mol. The van der Waals surface area contributed by atoms with E-state index in [0.29, 0.717) is 12.8 Å². The SMILES string of the molecule is C=C(C)CCOC(=O)CC(O)C(=O)OCCC(=C)C. The quantitative estimate of drug-likeness (QED) is 0.510. The fourth-order valence-electron chi connectivity index (χ4n) is 1.06. The first-order valence-electron chi connectivity index (χ1n) is 6.12. The zero-order chi connectivity index (χ0) is 14.8. The van der Waals surface area contributed by atoms with Gasteiger partial charge in [-0.05, 0) is 13.8 Å². The van der Waals surface area contributed by atoms with Crippen LogP contribution in [0.2, 0.25) is 0 Å². The minimum Gasteiger partial charge on any atom is -0.465 e. The second-order valence-electron chi connectivity index (χ2n) is 4.52. The summed E-state index contributed by atoms with van der Waals surface area (Å²) >= 11 is 0. The molecule has 1 atom stereocenters. The molecule has 0 fully saturated rings. The summed E-state index contributed by atoms with van der Waals surface area (Å²) in [6, 6.07) is 0. The van der Waals surface area contributed by atoms with Crippen LogP contribution in [0, 0.1) is 0 Å². The topological polar surface area (TPSA) is 72.8 Å². The van der Waals surface area contributed by atoms with E-state index < -0.39 is 24.5 Å². The van der Waals surface area contributed by atoms with Crippen LogP contribution < -0.4 is 0 Å². The molecule has 0 rings (SSSR count). The first-order valence-corrected chi connectivity index (χ1v) is 6.12. The van der Waals surface area contributed by atoms with E-state index in [-0.39, 0.29) is 13.2 Å². The molecule has 1 unspecified atom stereocenters. The number of aliphatic hydroxyl groups is 1. The van der Waals surface area contributed by atoms with Crippen LogP contribution in [0.15, 0.2) is 24.3 Å². The highest BCUT2D eigenvalue weighted by molar-refractivity contribution is 5.81. The molecule has 108 valence electrons. The van der Waals surface area contributed by atoms with Crippen LogP contribution >= 0.6 is 0 Å². The van der Waals surface area contributed by atoms with Gasteiger partial charge in [0.2, 0.25) is 0 Å². The van der Waals surface area contributed by atoms with E-state index in [0.717, 1.165) is 11.1 Å². The molecule has 0 radical (unpaired) electrons. The molecule has 0 aromatic carbocycles. The van der Waals surface area contributed by atoms with E-state index >= 15 is 0 Å². The maximum atomic E-state index is 11.3. The number of esters is 2. The molecule has 0 aromatic rings. The summed E-state index contributed by atoms with van der Waals surface area (Å²) < 4.78 is 9.62. The number of hydrogen-bond acceptors (Lipinski definition) is 5. The third-order valence-electron chi connectivity index (χ3n) is 2.20. The fraction of sp³-hybridized carbons (Fsp3) is 0.571. The van der Waals surface area contributed by atoms with Gasteiger partial charge in [0.15, 0.2) is 6.10 Å². The van der Waals surface area contributed by atoms with Crippen LogP contribution in [0.4, 0.5) is 0 Å². The van der Waals surface area contributed by atoms with E-state index in [2.05, 4.69) is 13.2 Å². The van der Waals surface area contributed by atoms with Crippen molar-refractivity contribution in [1.82, 2.24) is 0 Å². The van der Waals surface area contributed by atoms with Gasteiger partial charge in [-0.3, -0.25) is 4.79 Å². The summed E-state index contributed by atoms with van der Waals surface area (Å²) in [7, 11) is 0. The molecule has 0 saturated carbocycles. The lowest BCUT2D eigenvalue weighted by atomic mass is 10.2. The Kier molecular flexibility index (Phi) is 8.53. The molecule has 0 saturated heterocycles. The molecule has 5 nitrogen and oxygen atoms in total. The molecular weight excluding hydrogens is 248 g/mol. The summed E-state index contributed by atoms with van der Waals surface area (Å²) in [4.78, 5) is 22.6. The van der Waals surface area contributed by atoms with Crippen molar-refractivity contribution in [3.8, 4) is 0 Å². The highest BCUT2D eigenvalue weighted by atomic mass is 16.6. The molecule has 0 aliphatic heterocycles. The van der Waals surface area contributed by atoms with Crippen LogP contribution in [0.3, 0.4) is 0 Å². The zero-order valence-corrected chi connectivity index (χ0v) is 11.6. The Balaban J connectivity index is 3.84. The lowest BCUT2D eigenvalue weighted by Gasteiger charge is -2.10. The lowest BCUT2D eigenvalue weighted by Crippen LogP contribution is -2.27. The first kappa shape index (κ1) is 17.4. The molecular formula is C14H22O5. The average molecular weight is 270 g/mol.